The van der Waals surface area contributed by atoms with Gasteiger partial charge in [0.2, 0.25) is 0 Å². The first-order valence-electron chi connectivity index (χ1n) is 5.34. The number of nitrogens with zero attached hydrogens (tertiary/aromatic N) is 4. The highest BCUT2D eigenvalue weighted by Crippen LogP contribution is 2.15. The van der Waals surface area contributed by atoms with E-state index in [1.54, 1.807) is 18.2 Å². The van der Waals surface area contributed by atoms with Gasteiger partial charge in [-0.2, -0.15) is 5.26 Å². The van der Waals surface area contributed by atoms with Crippen LogP contribution < -0.4 is 0 Å². The van der Waals surface area contributed by atoms with Crippen LogP contribution in [0, 0.1) is 11.3 Å². The molecule has 7 nitrogen and oxygen atoms in total. The summed E-state index contributed by atoms with van der Waals surface area (Å²) in [5.74, 6) is -0.734. The number of carbonyl (C=O) groups is 1. The molecule has 0 amide bonds. The van der Waals surface area contributed by atoms with Gasteiger partial charge in [-0.15, -0.1) is 5.10 Å². The molecule has 7 heteroatoms. The predicted molar refractivity (Wildman–Crippen MR) is 63.3 cm³/mol. The van der Waals surface area contributed by atoms with Crippen molar-refractivity contribution in [2.45, 2.75) is 6.61 Å². The van der Waals surface area contributed by atoms with Gasteiger partial charge in [-0.25, -0.2) is 14.5 Å². The Morgan fingerprint density at radius 2 is 2.37 bits per heavy atom. The van der Waals surface area contributed by atoms with Gasteiger partial charge in [0.25, 0.3) is 5.82 Å². The van der Waals surface area contributed by atoms with Crippen LogP contribution in [-0.4, -0.2) is 33.0 Å². The van der Waals surface area contributed by atoms with E-state index in [2.05, 4.69) is 14.8 Å². The zero-order chi connectivity index (χ0) is 13.8. The van der Waals surface area contributed by atoms with Crippen molar-refractivity contribution in [3.05, 3.63) is 41.5 Å². The Labute approximate surface area is 108 Å². The van der Waals surface area contributed by atoms with E-state index in [0.29, 0.717) is 16.8 Å². The maximum atomic E-state index is 11.3. The smallest absolute Gasteiger partial charge is 0.377 e. The number of aliphatic hydroxyl groups excluding tert-OH is 1. The molecule has 1 heterocycles. The van der Waals surface area contributed by atoms with Crippen molar-refractivity contribution in [2.75, 3.05) is 7.11 Å². The van der Waals surface area contributed by atoms with Crippen molar-refractivity contribution in [1.82, 2.24) is 14.8 Å². The van der Waals surface area contributed by atoms with Gasteiger partial charge in [0.15, 0.2) is 0 Å². The molecule has 19 heavy (non-hydrogen) atoms. The highest BCUT2D eigenvalue weighted by Gasteiger charge is 2.13. The summed E-state index contributed by atoms with van der Waals surface area (Å²) in [5, 5.41) is 22.0. The minimum atomic E-state index is -0.649. The number of benzene rings is 1. The number of aliphatic hydroxyl groups is 1. The third-order valence-corrected chi connectivity index (χ3v) is 2.47. The maximum Gasteiger partial charge on any atom is 0.377 e. The van der Waals surface area contributed by atoms with Crippen molar-refractivity contribution in [3.8, 4) is 11.8 Å². The first-order valence-corrected chi connectivity index (χ1v) is 5.34. The summed E-state index contributed by atoms with van der Waals surface area (Å²) in [7, 11) is 1.24. The zero-order valence-corrected chi connectivity index (χ0v) is 10.1. The van der Waals surface area contributed by atoms with Gasteiger partial charge in [0, 0.05) is 0 Å². The molecule has 0 atom stereocenters. The average molecular weight is 258 g/mol. The SMILES string of the molecule is COC(=O)c1ncn(-c2ccc(CO)cc2C#N)n1. The fraction of sp³-hybridized carbons (Fsp3) is 0.167. The van der Waals surface area contributed by atoms with Crippen LogP contribution in [0.1, 0.15) is 21.7 Å². The molecule has 0 saturated carbocycles. The van der Waals surface area contributed by atoms with Crippen LogP contribution in [-0.2, 0) is 11.3 Å². The first kappa shape index (κ1) is 12.7. The zero-order valence-electron chi connectivity index (χ0n) is 10.1. The minimum absolute atomic E-state index is 0.0855. The largest absolute Gasteiger partial charge is 0.463 e. The number of hydrogen-bond donors (Lipinski definition) is 1. The van der Waals surface area contributed by atoms with E-state index in [4.69, 9.17) is 10.4 Å². The molecule has 0 aliphatic heterocycles. The summed E-state index contributed by atoms with van der Waals surface area (Å²) < 4.78 is 5.81. The summed E-state index contributed by atoms with van der Waals surface area (Å²) in [5.41, 5.74) is 1.42. The molecule has 0 aliphatic carbocycles. The van der Waals surface area contributed by atoms with E-state index in [0.717, 1.165) is 0 Å². The number of aromatic nitrogens is 3. The van der Waals surface area contributed by atoms with Gasteiger partial charge >= 0.3 is 5.97 Å². The van der Waals surface area contributed by atoms with Gasteiger partial charge in [-0.3, -0.25) is 0 Å². The van der Waals surface area contributed by atoms with Crippen molar-refractivity contribution < 1.29 is 14.6 Å². The second kappa shape index (κ2) is 5.29. The molecule has 0 spiro atoms. The molecule has 2 aromatic rings. The Morgan fingerprint density at radius 3 is 3.00 bits per heavy atom. The summed E-state index contributed by atoms with van der Waals surface area (Å²) >= 11 is 0. The lowest BCUT2D eigenvalue weighted by molar-refractivity contribution is 0.0587. The fourth-order valence-electron chi connectivity index (χ4n) is 1.53. The molecule has 1 aromatic heterocycles. The predicted octanol–water partition coefficient (Wildman–Crippen LogP) is 0.418. The Bertz CT molecular complexity index is 657. The van der Waals surface area contributed by atoms with Crippen LogP contribution in [0.15, 0.2) is 24.5 Å². The number of methoxy groups -OCH3 is 1. The van der Waals surface area contributed by atoms with Crippen molar-refractivity contribution in [1.29, 1.82) is 5.26 Å². The number of ether oxygens (including phenoxy) is 1. The molecule has 96 valence electrons. The lowest BCUT2D eigenvalue weighted by Crippen LogP contribution is -2.06. The number of esters is 1. The van der Waals surface area contributed by atoms with Crippen molar-refractivity contribution in [3.63, 3.8) is 0 Å². The average Bonchev–Trinajstić information content (AvgIpc) is 2.95. The molecule has 0 unspecified atom stereocenters. The molecule has 0 saturated heterocycles. The molecule has 1 N–H and O–H groups in total. The number of rotatable bonds is 3. The number of nitriles is 1. The summed E-state index contributed by atoms with van der Waals surface area (Å²) in [6, 6.07) is 6.84. The van der Waals surface area contributed by atoms with Gasteiger partial charge < -0.3 is 9.84 Å². The van der Waals surface area contributed by atoms with E-state index in [1.807, 2.05) is 6.07 Å². The Hall–Kier alpha value is -2.72. The summed E-state index contributed by atoms with van der Waals surface area (Å²) in [6.45, 7) is -0.153. The van der Waals surface area contributed by atoms with Crippen LogP contribution in [0.3, 0.4) is 0 Å². The molecular formula is C12H10N4O3. The number of carbonyl (C=O) groups excluding carboxylic acids is 1. The molecule has 0 fully saturated rings. The van der Waals surface area contributed by atoms with E-state index >= 15 is 0 Å². The lowest BCUT2D eigenvalue weighted by atomic mass is 10.1. The third-order valence-electron chi connectivity index (χ3n) is 2.47. The van der Waals surface area contributed by atoms with Crippen LogP contribution in [0.2, 0.25) is 0 Å². The molecule has 0 aliphatic rings. The second-order valence-electron chi connectivity index (χ2n) is 3.63. The Kier molecular flexibility index (Phi) is 3.54. The minimum Gasteiger partial charge on any atom is -0.463 e. The van der Waals surface area contributed by atoms with Gasteiger partial charge in [0.1, 0.15) is 12.4 Å². The molecule has 2 rings (SSSR count). The normalized spacial score (nSPS) is 9.95. The monoisotopic (exact) mass is 258 g/mol. The van der Waals surface area contributed by atoms with Crippen LogP contribution in [0.25, 0.3) is 5.69 Å². The Balaban J connectivity index is 2.45. The fourth-order valence-corrected chi connectivity index (χ4v) is 1.53. The molecular weight excluding hydrogens is 248 g/mol. The highest BCUT2D eigenvalue weighted by molar-refractivity contribution is 5.84. The van der Waals surface area contributed by atoms with Gasteiger partial charge in [-0.1, -0.05) is 6.07 Å². The van der Waals surface area contributed by atoms with Gasteiger partial charge in [0.05, 0.1) is 25.0 Å². The van der Waals surface area contributed by atoms with Crippen LogP contribution >= 0.6 is 0 Å². The standard InChI is InChI=1S/C12H10N4O3/c1-19-12(18)11-14-7-16(15-11)10-3-2-8(6-17)4-9(10)5-13/h2-4,7,17H,6H2,1H3. The highest BCUT2D eigenvalue weighted by atomic mass is 16.5. The second-order valence-corrected chi connectivity index (χ2v) is 3.63. The van der Waals surface area contributed by atoms with Crippen LogP contribution in [0.5, 0.6) is 0 Å². The molecule has 0 bridgehead atoms. The van der Waals surface area contributed by atoms with Crippen LogP contribution in [0.4, 0.5) is 0 Å². The van der Waals surface area contributed by atoms with E-state index in [1.165, 1.54) is 18.1 Å². The third kappa shape index (κ3) is 2.43. The van der Waals surface area contributed by atoms with Gasteiger partial charge in [-0.05, 0) is 17.7 Å². The topological polar surface area (TPSA) is 101 Å². The molecule has 1 aromatic carbocycles. The quantitative estimate of drug-likeness (QED) is 0.800. The van der Waals surface area contributed by atoms with E-state index < -0.39 is 5.97 Å². The van der Waals surface area contributed by atoms with Crippen molar-refractivity contribution in [2.24, 2.45) is 0 Å². The molecule has 0 radical (unpaired) electrons. The summed E-state index contributed by atoms with van der Waals surface area (Å²) in [6.07, 6.45) is 1.32. The number of hydrogen-bond acceptors (Lipinski definition) is 6. The first-order chi connectivity index (χ1) is 9.19. The maximum absolute atomic E-state index is 11.3. The van der Waals surface area contributed by atoms with Crippen molar-refractivity contribution >= 4 is 5.97 Å². The van der Waals surface area contributed by atoms with E-state index in [-0.39, 0.29) is 12.4 Å². The van der Waals surface area contributed by atoms with E-state index in [9.17, 15) is 4.79 Å². The lowest BCUT2D eigenvalue weighted by Gasteiger charge is -2.04. The Morgan fingerprint density at radius 1 is 1.58 bits per heavy atom. The summed E-state index contributed by atoms with van der Waals surface area (Å²) in [4.78, 5) is 15.1.